The van der Waals surface area contributed by atoms with Crippen LogP contribution in [-0.2, 0) is 18.2 Å². The summed E-state index contributed by atoms with van der Waals surface area (Å²) in [4.78, 5) is 11.6. The van der Waals surface area contributed by atoms with Gasteiger partial charge in [0.25, 0.3) is 0 Å². The molecule has 0 spiro atoms. The molecule has 0 saturated heterocycles. The molecule has 1 heterocycles. The molecule has 2 aromatic rings. The number of benzene rings is 1. The number of carbonyl (C=O) groups excluding carboxylic acids is 1. The van der Waals surface area contributed by atoms with Crippen LogP contribution in [0.15, 0.2) is 36.5 Å². The molecule has 0 aliphatic carbocycles. The highest BCUT2D eigenvalue weighted by molar-refractivity contribution is 5.90. The van der Waals surface area contributed by atoms with Crippen molar-refractivity contribution in [3.05, 3.63) is 53.6 Å². The Morgan fingerprint density at radius 1 is 1.35 bits per heavy atom. The molecule has 0 radical (unpaired) electrons. The minimum Gasteiger partial charge on any atom is -0.491 e. The molecular weight excluding hydrogens is 261 g/mol. The maximum Gasteiger partial charge on any atom is 0.358 e. The van der Waals surface area contributed by atoms with Crippen molar-refractivity contribution in [1.82, 2.24) is 4.57 Å². The fourth-order valence-electron chi connectivity index (χ4n) is 1.94. The van der Waals surface area contributed by atoms with Gasteiger partial charge < -0.3 is 14.0 Å². The lowest BCUT2D eigenvalue weighted by Crippen LogP contribution is -2.10. The lowest BCUT2D eigenvalue weighted by molar-refractivity contribution is 0.0585. The van der Waals surface area contributed by atoms with E-state index < -0.39 is 5.97 Å². The predicted octanol–water partition coefficient (Wildman–Crippen LogP) is 2.57. The Labute approximate surface area is 116 Å². The van der Waals surface area contributed by atoms with Crippen LogP contribution in [0.2, 0.25) is 0 Å². The maximum atomic E-state index is 13.0. The van der Waals surface area contributed by atoms with Gasteiger partial charge in [0, 0.05) is 19.7 Å². The minimum atomic E-state index is -0.446. The van der Waals surface area contributed by atoms with Gasteiger partial charge in [0.15, 0.2) is 11.4 Å². The van der Waals surface area contributed by atoms with Crippen LogP contribution in [0, 0.1) is 5.82 Å². The fourth-order valence-corrected chi connectivity index (χ4v) is 1.94. The van der Waals surface area contributed by atoms with Gasteiger partial charge >= 0.3 is 5.97 Å². The summed E-state index contributed by atoms with van der Waals surface area (Å²) in [6, 6.07) is 8.07. The molecule has 0 fully saturated rings. The highest BCUT2D eigenvalue weighted by Crippen LogP contribution is 2.20. The molecule has 20 heavy (non-hydrogen) atoms. The van der Waals surface area contributed by atoms with Crippen molar-refractivity contribution in [2.24, 2.45) is 7.05 Å². The number of methoxy groups -OCH3 is 1. The first kappa shape index (κ1) is 14.1. The van der Waals surface area contributed by atoms with Gasteiger partial charge in [-0.25, -0.2) is 9.18 Å². The summed E-state index contributed by atoms with van der Waals surface area (Å²) >= 11 is 0. The van der Waals surface area contributed by atoms with Gasteiger partial charge in [-0.2, -0.15) is 0 Å². The molecule has 2 rings (SSSR count). The Morgan fingerprint density at radius 3 is 2.85 bits per heavy atom. The second kappa shape index (κ2) is 6.23. The lowest BCUT2D eigenvalue weighted by Gasteiger charge is -2.08. The second-order valence-electron chi connectivity index (χ2n) is 4.36. The van der Waals surface area contributed by atoms with Crippen LogP contribution in [-0.4, -0.2) is 24.3 Å². The van der Waals surface area contributed by atoms with E-state index in [1.807, 2.05) is 6.07 Å². The summed E-state index contributed by atoms with van der Waals surface area (Å²) in [5, 5.41) is 0. The average molecular weight is 277 g/mol. The van der Waals surface area contributed by atoms with E-state index >= 15 is 0 Å². The highest BCUT2D eigenvalue weighted by atomic mass is 19.1. The van der Waals surface area contributed by atoms with E-state index in [1.54, 1.807) is 29.9 Å². The zero-order chi connectivity index (χ0) is 14.5. The first-order valence-corrected chi connectivity index (χ1v) is 6.22. The Balaban J connectivity index is 1.99. The summed E-state index contributed by atoms with van der Waals surface area (Å²) in [7, 11) is 3.07. The quantitative estimate of drug-likeness (QED) is 0.789. The Morgan fingerprint density at radius 2 is 2.15 bits per heavy atom. The largest absolute Gasteiger partial charge is 0.491 e. The number of hydrogen-bond acceptors (Lipinski definition) is 3. The minimum absolute atomic E-state index is 0.266. The van der Waals surface area contributed by atoms with E-state index in [-0.39, 0.29) is 5.82 Å². The zero-order valence-electron chi connectivity index (χ0n) is 11.4. The topological polar surface area (TPSA) is 40.5 Å². The molecule has 0 amide bonds. The molecule has 0 aliphatic rings. The van der Waals surface area contributed by atoms with Gasteiger partial charge in [0.1, 0.15) is 5.82 Å². The van der Waals surface area contributed by atoms with Gasteiger partial charge in [-0.1, -0.05) is 12.1 Å². The summed E-state index contributed by atoms with van der Waals surface area (Å²) in [5.41, 5.74) is 1.22. The van der Waals surface area contributed by atoms with Gasteiger partial charge in [0.05, 0.1) is 13.7 Å². The van der Waals surface area contributed by atoms with Crippen molar-refractivity contribution in [1.29, 1.82) is 0 Å². The van der Waals surface area contributed by atoms with Crippen LogP contribution in [0.5, 0.6) is 5.75 Å². The number of rotatable bonds is 5. The number of aromatic nitrogens is 1. The summed E-state index contributed by atoms with van der Waals surface area (Å²) in [6.07, 6.45) is 2.29. The van der Waals surface area contributed by atoms with E-state index in [9.17, 15) is 9.18 Å². The molecule has 4 nitrogen and oxygen atoms in total. The zero-order valence-corrected chi connectivity index (χ0v) is 11.4. The van der Waals surface area contributed by atoms with Crippen LogP contribution in [0.1, 0.15) is 16.1 Å². The monoisotopic (exact) mass is 277 g/mol. The van der Waals surface area contributed by atoms with Crippen molar-refractivity contribution in [2.45, 2.75) is 6.42 Å². The van der Waals surface area contributed by atoms with Gasteiger partial charge in [-0.15, -0.1) is 0 Å². The number of halogens is 1. The van der Waals surface area contributed by atoms with Crippen molar-refractivity contribution in [2.75, 3.05) is 13.7 Å². The molecule has 0 aliphatic heterocycles. The number of esters is 1. The third kappa shape index (κ3) is 3.17. The molecule has 0 bridgehead atoms. The normalized spacial score (nSPS) is 10.3. The highest BCUT2D eigenvalue weighted by Gasteiger charge is 2.17. The van der Waals surface area contributed by atoms with Crippen LogP contribution >= 0.6 is 0 Å². The van der Waals surface area contributed by atoms with Crippen molar-refractivity contribution in [3.8, 4) is 5.75 Å². The summed E-state index contributed by atoms with van der Waals surface area (Å²) in [5.74, 6) is -0.244. The van der Waals surface area contributed by atoms with Gasteiger partial charge in [-0.05, 0) is 23.8 Å². The number of carbonyl (C=O) groups is 1. The van der Waals surface area contributed by atoms with Crippen LogP contribution < -0.4 is 4.74 Å². The Bertz CT molecular complexity index is 607. The molecular formula is C15H16FNO3. The van der Waals surface area contributed by atoms with Crippen molar-refractivity contribution >= 4 is 5.97 Å². The number of hydrogen-bond donors (Lipinski definition) is 0. The summed E-state index contributed by atoms with van der Waals surface area (Å²) < 4.78 is 25.0. The summed E-state index contributed by atoms with van der Waals surface area (Å²) in [6.45, 7) is 0.359. The van der Waals surface area contributed by atoms with Gasteiger partial charge in [-0.3, -0.25) is 0 Å². The first-order valence-electron chi connectivity index (χ1n) is 6.22. The molecule has 0 atom stereocenters. The smallest absolute Gasteiger partial charge is 0.358 e. The molecule has 0 saturated carbocycles. The first-order chi connectivity index (χ1) is 9.61. The van der Waals surface area contributed by atoms with Crippen molar-refractivity contribution in [3.63, 3.8) is 0 Å². The number of nitrogens with zero attached hydrogens (tertiary/aromatic N) is 1. The maximum absolute atomic E-state index is 13.0. The Kier molecular flexibility index (Phi) is 4.40. The molecule has 1 aromatic carbocycles. The van der Waals surface area contributed by atoms with Crippen molar-refractivity contribution < 1.29 is 18.7 Å². The lowest BCUT2D eigenvalue weighted by atomic mass is 10.1. The van der Waals surface area contributed by atoms with E-state index in [4.69, 9.17) is 9.47 Å². The molecule has 106 valence electrons. The van der Waals surface area contributed by atoms with Crippen LogP contribution in [0.4, 0.5) is 4.39 Å². The SMILES string of the molecule is COC(=O)c1c(OCCc2cccc(F)c2)ccn1C. The van der Waals surface area contributed by atoms with Gasteiger partial charge in [0.2, 0.25) is 0 Å². The number of aryl methyl sites for hydroxylation is 1. The van der Waals surface area contributed by atoms with E-state index in [1.165, 1.54) is 19.2 Å². The molecule has 0 N–H and O–H groups in total. The van der Waals surface area contributed by atoms with E-state index in [0.29, 0.717) is 24.5 Å². The fraction of sp³-hybridized carbons (Fsp3) is 0.267. The third-order valence-electron chi connectivity index (χ3n) is 2.95. The molecule has 1 aromatic heterocycles. The average Bonchev–Trinajstić information content (AvgIpc) is 2.79. The van der Waals surface area contributed by atoms with E-state index in [0.717, 1.165) is 5.56 Å². The molecule has 5 heteroatoms. The van der Waals surface area contributed by atoms with Crippen LogP contribution in [0.25, 0.3) is 0 Å². The molecule has 0 unspecified atom stereocenters. The Hall–Kier alpha value is -2.30. The van der Waals surface area contributed by atoms with E-state index in [2.05, 4.69) is 0 Å². The second-order valence-corrected chi connectivity index (χ2v) is 4.36. The standard InChI is InChI=1S/C15H16FNO3/c1-17-8-6-13(14(17)15(18)19-2)20-9-7-11-4-3-5-12(16)10-11/h3-6,8,10H,7,9H2,1-2H3. The van der Waals surface area contributed by atoms with Crippen LogP contribution in [0.3, 0.4) is 0 Å². The predicted molar refractivity (Wildman–Crippen MR) is 72.4 cm³/mol. The third-order valence-corrected chi connectivity index (χ3v) is 2.95. The number of ether oxygens (including phenoxy) is 2.